The number of hydrogen-bond acceptors (Lipinski definition) is 6. The number of benzene rings is 6. The van der Waals surface area contributed by atoms with Gasteiger partial charge in [-0.25, -0.2) is 24.9 Å². The Labute approximate surface area is 317 Å². The zero-order chi connectivity index (χ0) is 36.6. The molecule has 0 bridgehead atoms. The summed E-state index contributed by atoms with van der Waals surface area (Å²) >= 11 is 0. The monoisotopic (exact) mass is 705 g/mol. The molecule has 6 nitrogen and oxygen atoms in total. The molecule has 0 aliphatic rings. The summed E-state index contributed by atoms with van der Waals surface area (Å²) in [4.78, 5) is 25.0. The molecule has 0 atom stereocenters. The second-order valence-corrected chi connectivity index (χ2v) is 13.3. The molecule has 4 heterocycles. The lowest BCUT2D eigenvalue weighted by molar-refractivity contribution is 0.653. The van der Waals surface area contributed by atoms with Crippen LogP contribution in [0.25, 0.3) is 101 Å². The Bertz CT molecular complexity index is 2930. The van der Waals surface area contributed by atoms with Crippen molar-refractivity contribution in [1.82, 2.24) is 24.9 Å². The molecule has 0 fully saturated rings. The average molecular weight is 706 g/mol. The van der Waals surface area contributed by atoms with E-state index in [2.05, 4.69) is 97.1 Å². The Morgan fingerprint density at radius 1 is 0.345 bits per heavy atom. The fourth-order valence-corrected chi connectivity index (χ4v) is 6.95. The Kier molecular flexibility index (Phi) is 8.04. The molecule has 10 aromatic rings. The average Bonchev–Trinajstić information content (AvgIpc) is 3.65. The van der Waals surface area contributed by atoms with Crippen LogP contribution in [0.5, 0.6) is 0 Å². The lowest BCUT2D eigenvalue weighted by Crippen LogP contribution is -1.96. The maximum atomic E-state index is 6.44. The van der Waals surface area contributed by atoms with Gasteiger partial charge in [0.15, 0.2) is 17.2 Å². The molecular weight excluding hydrogens is 675 g/mol. The van der Waals surface area contributed by atoms with Crippen molar-refractivity contribution in [3.8, 4) is 78.8 Å². The summed E-state index contributed by atoms with van der Waals surface area (Å²) in [5.41, 5.74) is 13.3. The van der Waals surface area contributed by atoms with E-state index in [0.717, 1.165) is 66.8 Å². The molecule has 0 aliphatic carbocycles. The molecule has 0 N–H and O–H groups in total. The minimum atomic E-state index is 0.519. The molecule has 0 spiro atoms. The maximum absolute atomic E-state index is 6.44. The van der Waals surface area contributed by atoms with Crippen molar-refractivity contribution < 1.29 is 4.42 Å². The van der Waals surface area contributed by atoms with Gasteiger partial charge in [-0.05, 0) is 28.8 Å². The molecule has 6 aromatic carbocycles. The van der Waals surface area contributed by atoms with E-state index in [9.17, 15) is 0 Å². The molecular formula is C49H31N5O. The van der Waals surface area contributed by atoms with Crippen LogP contribution in [0.3, 0.4) is 0 Å². The predicted molar refractivity (Wildman–Crippen MR) is 221 cm³/mol. The third-order valence-electron chi connectivity index (χ3n) is 9.81. The van der Waals surface area contributed by atoms with Crippen LogP contribution >= 0.6 is 0 Å². The van der Waals surface area contributed by atoms with Crippen LogP contribution in [0.4, 0.5) is 0 Å². The molecule has 55 heavy (non-hydrogen) atoms. The first-order valence-electron chi connectivity index (χ1n) is 18.2. The summed E-state index contributed by atoms with van der Waals surface area (Å²) in [5, 5.41) is 0.840. The molecule has 0 radical (unpaired) electrons. The van der Waals surface area contributed by atoms with Gasteiger partial charge >= 0.3 is 0 Å². The summed E-state index contributed by atoms with van der Waals surface area (Å²) < 4.78 is 6.44. The third kappa shape index (κ3) is 6.22. The molecule has 0 saturated carbocycles. The van der Waals surface area contributed by atoms with E-state index in [-0.39, 0.29) is 0 Å². The number of nitrogens with zero attached hydrogens (tertiary/aromatic N) is 5. The van der Waals surface area contributed by atoms with Crippen molar-refractivity contribution in [2.75, 3.05) is 0 Å². The van der Waals surface area contributed by atoms with E-state index in [1.807, 2.05) is 91.1 Å². The third-order valence-corrected chi connectivity index (χ3v) is 9.81. The van der Waals surface area contributed by atoms with E-state index >= 15 is 0 Å². The molecule has 10 rings (SSSR count). The maximum Gasteiger partial charge on any atom is 0.229 e. The standard InChI is InChI=1S/C49H31N5O/c1-5-13-32(14-6-1)34-21-23-35(24-22-34)42-30-43(52-47(51-42)38-17-9-3-10-18-38)36-25-27-37(28-26-36)44-46-45(54-48(53-44)39-19-11-4-12-20-39)41-29-40(31-50-49(41)55-46)33-15-7-2-8-16-33/h1-31H. The Balaban J connectivity index is 1.08. The quantitative estimate of drug-likeness (QED) is 0.164. The van der Waals surface area contributed by atoms with Gasteiger partial charge in [0.05, 0.1) is 16.8 Å². The van der Waals surface area contributed by atoms with Crippen molar-refractivity contribution in [1.29, 1.82) is 0 Å². The van der Waals surface area contributed by atoms with Gasteiger partial charge in [0.2, 0.25) is 5.71 Å². The SMILES string of the molecule is c1ccc(-c2ccc(-c3cc(-c4ccc(-c5nc(-c6ccccc6)nc6c5oc5ncc(-c7ccccc7)cc56)cc4)nc(-c4ccccc4)n3)cc2)cc1. The van der Waals surface area contributed by atoms with Crippen molar-refractivity contribution in [2.24, 2.45) is 0 Å². The van der Waals surface area contributed by atoms with Crippen molar-refractivity contribution in [3.63, 3.8) is 0 Å². The number of fused-ring (bicyclic) bond motifs is 3. The number of hydrogen-bond donors (Lipinski definition) is 0. The highest BCUT2D eigenvalue weighted by molar-refractivity contribution is 6.07. The van der Waals surface area contributed by atoms with E-state index in [4.69, 9.17) is 29.3 Å². The number of rotatable bonds is 7. The lowest BCUT2D eigenvalue weighted by Gasteiger charge is -2.11. The van der Waals surface area contributed by atoms with Crippen LogP contribution < -0.4 is 0 Å². The normalized spacial score (nSPS) is 11.3. The molecule has 4 aromatic heterocycles. The van der Waals surface area contributed by atoms with Gasteiger partial charge in [0, 0.05) is 39.6 Å². The smallest absolute Gasteiger partial charge is 0.229 e. The summed E-state index contributed by atoms with van der Waals surface area (Å²) in [5.74, 6) is 1.28. The Morgan fingerprint density at radius 2 is 0.782 bits per heavy atom. The van der Waals surface area contributed by atoms with Crippen LogP contribution in [0.1, 0.15) is 0 Å². The summed E-state index contributed by atoms with van der Waals surface area (Å²) in [6, 6.07) is 61.8. The zero-order valence-corrected chi connectivity index (χ0v) is 29.5. The minimum Gasteiger partial charge on any atom is -0.434 e. The van der Waals surface area contributed by atoms with Gasteiger partial charge in [-0.3, -0.25) is 0 Å². The van der Waals surface area contributed by atoms with E-state index in [1.165, 1.54) is 5.56 Å². The van der Waals surface area contributed by atoms with E-state index in [0.29, 0.717) is 28.6 Å². The molecule has 258 valence electrons. The topological polar surface area (TPSA) is 77.6 Å². The molecule has 6 heteroatoms. The van der Waals surface area contributed by atoms with Crippen LogP contribution in [0, 0.1) is 0 Å². The van der Waals surface area contributed by atoms with Gasteiger partial charge in [-0.15, -0.1) is 0 Å². The van der Waals surface area contributed by atoms with Gasteiger partial charge in [-0.2, -0.15) is 0 Å². The summed E-state index contributed by atoms with van der Waals surface area (Å²) in [7, 11) is 0. The molecule has 0 amide bonds. The van der Waals surface area contributed by atoms with Crippen LogP contribution in [0.2, 0.25) is 0 Å². The molecule has 0 saturated heterocycles. The van der Waals surface area contributed by atoms with Gasteiger partial charge in [0.25, 0.3) is 0 Å². The first-order chi connectivity index (χ1) is 27.2. The highest BCUT2D eigenvalue weighted by Crippen LogP contribution is 2.37. The van der Waals surface area contributed by atoms with Gasteiger partial charge in [-0.1, -0.05) is 170 Å². The first kappa shape index (κ1) is 32.1. The largest absolute Gasteiger partial charge is 0.434 e. The van der Waals surface area contributed by atoms with Gasteiger partial charge < -0.3 is 4.42 Å². The predicted octanol–water partition coefficient (Wildman–Crippen LogP) is 12.2. The first-order valence-corrected chi connectivity index (χ1v) is 18.2. The zero-order valence-electron chi connectivity index (χ0n) is 29.5. The highest BCUT2D eigenvalue weighted by atomic mass is 16.3. The molecule has 0 aliphatic heterocycles. The minimum absolute atomic E-state index is 0.519. The van der Waals surface area contributed by atoms with E-state index in [1.54, 1.807) is 0 Å². The Morgan fingerprint density at radius 3 is 1.33 bits per heavy atom. The second-order valence-electron chi connectivity index (χ2n) is 13.3. The number of aromatic nitrogens is 5. The Hall–Kier alpha value is -7.57. The number of furan rings is 1. The van der Waals surface area contributed by atoms with Crippen molar-refractivity contribution >= 4 is 22.2 Å². The fraction of sp³-hybridized carbons (Fsp3) is 0. The van der Waals surface area contributed by atoms with Gasteiger partial charge in [0.1, 0.15) is 11.2 Å². The fourth-order valence-electron chi connectivity index (χ4n) is 6.95. The van der Waals surface area contributed by atoms with Crippen molar-refractivity contribution in [3.05, 3.63) is 188 Å². The number of pyridine rings is 1. The van der Waals surface area contributed by atoms with Crippen LogP contribution in [-0.4, -0.2) is 24.9 Å². The summed E-state index contributed by atoms with van der Waals surface area (Å²) in [6.07, 6.45) is 1.84. The molecule has 0 unspecified atom stereocenters. The van der Waals surface area contributed by atoms with Crippen molar-refractivity contribution in [2.45, 2.75) is 0 Å². The van der Waals surface area contributed by atoms with E-state index < -0.39 is 0 Å². The second kappa shape index (κ2) is 13.8. The highest BCUT2D eigenvalue weighted by Gasteiger charge is 2.20. The summed E-state index contributed by atoms with van der Waals surface area (Å²) in [6.45, 7) is 0. The van der Waals surface area contributed by atoms with Crippen LogP contribution in [0.15, 0.2) is 193 Å². The lowest BCUT2D eigenvalue weighted by atomic mass is 10.0. The van der Waals surface area contributed by atoms with Crippen LogP contribution in [-0.2, 0) is 0 Å².